The van der Waals surface area contributed by atoms with Crippen molar-refractivity contribution in [3.8, 4) is 0 Å². The molecule has 1 atom stereocenters. The molecular weight excluding hydrogens is 254 g/mol. The number of carbonyl (C=O) groups is 1. The molecule has 0 aromatic rings. The summed E-state index contributed by atoms with van der Waals surface area (Å²) in [5.74, 6) is -0.601. The molecule has 20 heavy (non-hydrogen) atoms. The van der Waals surface area contributed by atoms with E-state index in [0.29, 0.717) is 12.6 Å². The molecule has 1 N–H and O–H groups in total. The van der Waals surface area contributed by atoms with Gasteiger partial charge in [-0.15, -0.1) is 0 Å². The summed E-state index contributed by atoms with van der Waals surface area (Å²) in [6.45, 7) is 2.40. The zero-order chi connectivity index (χ0) is 14.4. The average Bonchev–Trinajstić information content (AvgIpc) is 2.66. The first kappa shape index (κ1) is 15.8. The lowest BCUT2D eigenvalue weighted by Crippen LogP contribution is -2.44. The maximum Gasteiger partial charge on any atom is 0.310 e. The zero-order valence-electron chi connectivity index (χ0n) is 12.8. The van der Waals surface area contributed by atoms with Gasteiger partial charge in [0.25, 0.3) is 0 Å². The summed E-state index contributed by atoms with van der Waals surface area (Å²) in [6, 6.07) is 0. The minimum absolute atomic E-state index is 0.297. The van der Waals surface area contributed by atoms with Gasteiger partial charge >= 0.3 is 5.97 Å². The van der Waals surface area contributed by atoms with E-state index in [2.05, 4.69) is 4.90 Å². The molecule has 1 aliphatic carbocycles. The quantitative estimate of drug-likeness (QED) is 0.788. The van der Waals surface area contributed by atoms with Crippen molar-refractivity contribution in [3.05, 3.63) is 0 Å². The number of aliphatic carboxylic acids is 1. The molecule has 0 aromatic carbocycles. The first-order valence-corrected chi connectivity index (χ1v) is 8.16. The Bertz CT molecular complexity index is 305. The molecule has 1 aliphatic heterocycles. The van der Waals surface area contributed by atoms with Crippen molar-refractivity contribution in [2.75, 3.05) is 26.7 Å². The van der Waals surface area contributed by atoms with Crippen molar-refractivity contribution >= 4 is 5.97 Å². The van der Waals surface area contributed by atoms with Crippen molar-refractivity contribution in [1.29, 1.82) is 0 Å². The number of hydrogen-bond acceptors (Lipinski definition) is 3. The fourth-order valence-electron chi connectivity index (χ4n) is 3.73. The van der Waals surface area contributed by atoms with Gasteiger partial charge in [-0.2, -0.15) is 0 Å². The van der Waals surface area contributed by atoms with Crippen LogP contribution in [-0.2, 0) is 9.53 Å². The summed E-state index contributed by atoms with van der Waals surface area (Å²) < 4.78 is 5.77. The van der Waals surface area contributed by atoms with E-state index in [1.165, 1.54) is 25.7 Å². The minimum Gasteiger partial charge on any atom is -0.481 e. The molecule has 1 heterocycles. The van der Waals surface area contributed by atoms with E-state index in [0.717, 1.165) is 45.3 Å². The maximum absolute atomic E-state index is 11.8. The van der Waals surface area contributed by atoms with Crippen LogP contribution >= 0.6 is 0 Å². The van der Waals surface area contributed by atoms with Gasteiger partial charge in [0.2, 0.25) is 0 Å². The van der Waals surface area contributed by atoms with E-state index in [1.807, 2.05) is 7.05 Å². The summed E-state index contributed by atoms with van der Waals surface area (Å²) in [6.07, 6.45) is 9.96. The van der Waals surface area contributed by atoms with Crippen LogP contribution in [0.25, 0.3) is 0 Å². The van der Waals surface area contributed by atoms with Crippen LogP contribution in [0.15, 0.2) is 0 Å². The number of ether oxygens (including phenoxy) is 1. The molecule has 0 amide bonds. The predicted molar refractivity (Wildman–Crippen MR) is 78.9 cm³/mol. The lowest BCUT2D eigenvalue weighted by molar-refractivity contribution is -0.151. The molecular formula is C16H29NO3. The van der Waals surface area contributed by atoms with E-state index >= 15 is 0 Å². The third-order valence-electron chi connectivity index (χ3n) is 4.88. The number of hydrogen-bond donors (Lipinski definition) is 1. The second-order valence-electron chi connectivity index (χ2n) is 6.69. The highest BCUT2D eigenvalue weighted by molar-refractivity contribution is 5.75. The normalized spacial score (nSPS) is 27.2. The van der Waals surface area contributed by atoms with Crippen LogP contribution < -0.4 is 0 Å². The van der Waals surface area contributed by atoms with Crippen molar-refractivity contribution in [2.24, 2.45) is 5.41 Å². The van der Waals surface area contributed by atoms with E-state index in [9.17, 15) is 9.90 Å². The van der Waals surface area contributed by atoms with Crippen LogP contribution in [0.3, 0.4) is 0 Å². The van der Waals surface area contributed by atoms with Gasteiger partial charge in [0.15, 0.2) is 0 Å². The Labute approximate surface area is 122 Å². The van der Waals surface area contributed by atoms with Gasteiger partial charge in [0.1, 0.15) is 0 Å². The molecule has 2 fully saturated rings. The van der Waals surface area contributed by atoms with E-state index in [4.69, 9.17) is 4.74 Å². The second-order valence-corrected chi connectivity index (χ2v) is 6.69. The van der Waals surface area contributed by atoms with E-state index in [1.54, 1.807) is 0 Å². The van der Waals surface area contributed by atoms with Crippen LogP contribution in [0.2, 0.25) is 0 Å². The Morgan fingerprint density at radius 2 is 1.90 bits per heavy atom. The highest BCUT2D eigenvalue weighted by Gasteiger charge is 2.39. The van der Waals surface area contributed by atoms with Crippen LogP contribution in [0.4, 0.5) is 0 Å². The summed E-state index contributed by atoms with van der Waals surface area (Å²) >= 11 is 0. The molecule has 0 bridgehead atoms. The zero-order valence-corrected chi connectivity index (χ0v) is 12.8. The van der Waals surface area contributed by atoms with Crippen molar-refractivity contribution in [3.63, 3.8) is 0 Å². The summed E-state index contributed by atoms with van der Waals surface area (Å²) in [7, 11) is 2.05. The summed E-state index contributed by atoms with van der Waals surface area (Å²) in [5.41, 5.74) is -0.528. The number of rotatable bonds is 5. The van der Waals surface area contributed by atoms with Crippen LogP contribution in [0, 0.1) is 5.41 Å². The monoisotopic (exact) mass is 283 g/mol. The van der Waals surface area contributed by atoms with Crippen LogP contribution in [-0.4, -0.2) is 48.8 Å². The molecule has 2 aliphatic rings. The largest absolute Gasteiger partial charge is 0.481 e. The van der Waals surface area contributed by atoms with Gasteiger partial charge in [-0.25, -0.2) is 0 Å². The standard InChI is InChI=1S/C16H29NO3/c1-17(12-14-8-4-7-11-20-14)13-16(15(18)19)9-5-2-3-6-10-16/h14H,2-13H2,1H3,(H,18,19). The Balaban J connectivity index is 1.90. The Kier molecular flexibility index (Phi) is 5.85. The van der Waals surface area contributed by atoms with Crippen molar-refractivity contribution in [1.82, 2.24) is 4.90 Å². The third-order valence-corrected chi connectivity index (χ3v) is 4.88. The summed E-state index contributed by atoms with van der Waals surface area (Å²) in [5, 5.41) is 9.71. The lowest BCUT2D eigenvalue weighted by Gasteiger charge is -2.35. The molecule has 1 saturated carbocycles. The van der Waals surface area contributed by atoms with Gasteiger partial charge in [-0.3, -0.25) is 4.79 Å². The SMILES string of the molecule is CN(CC1CCCCO1)CC1(C(=O)O)CCCCCC1. The fraction of sp³-hybridized carbons (Fsp3) is 0.938. The van der Waals surface area contributed by atoms with E-state index in [-0.39, 0.29) is 0 Å². The molecule has 116 valence electrons. The maximum atomic E-state index is 11.8. The molecule has 4 heteroatoms. The smallest absolute Gasteiger partial charge is 0.310 e. The van der Waals surface area contributed by atoms with Crippen molar-refractivity contribution in [2.45, 2.75) is 63.9 Å². The molecule has 1 saturated heterocycles. The van der Waals surface area contributed by atoms with Gasteiger partial charge < -0.3 is 14.7 Å². The first-order chi connectivity index (χ1) is 9.62. The van der Waals surface area contributed by atoms with Gasteiger partial charge in [0.05, 0.1) is 11.5 Å². The minimum atomic E-state index is -0.601. The lowest BCUT2D eigenvalue weighted by atomic mass is 9.80. The molecule has 0 aromatic heterocycles. The number of carboxylic acids is 1. The fourth-order valence-corrected chi connectivity index (χ4v) is 3.73. The Morgan fingerprint density at radius 1 is 1.20 bits per heavy atom. The predicted octanol–water partition coefficient (Wildman–Crippen LogP) is 2.91. The Hall–Kier alpha value is -0.610. The number of likely N-dealkylation sites (N-methyl/N-ethyl adjacent to an activating group) is 1. The molecule has 2 rings (SSSR count). The topological polar surface area (TPSA) is 49.8 Å². The average molecular weight is 283 g/mol. The second kappa shape index (κ2) is 7.41. The first-order valence-electron chi connectivity index (χ1n) is 8.16. The molecule has 4 nitrogen and oxygen atoms in total. The van der Waals surface area contributed by atoms with Gasteiger partial charge in [0, 0.05) is 19.7 Å². The highest BCUT2D eigenvalue weighted by Crippen LogP contribution is 2.36. The molecule has 0 radical (unpaired) electrons. The number of nitrogens with zero attached hydrogens (tertiary/aromatic N) is 1. The van der Waals surface area contributed by atoms with Crippen LogP contribution in [0.1, 0.15) is 57.8 Å². The number of carboxylic acid groups (broad SMARTS) is 1. The van der Waals surface area contributed by atoms with Crippen LogP contribution in [0.5, 0.6) is 0 Å². The third kappa shape index (κ3) is 4.19. The molecule has 1 unspecified atom stereocenters. The highest BCUT2D eigenvalue weighted by atomic mass is 16.5. The Morgan fingerprint density at radius 3 is 2.45 bits per heavy atom. The van der Waals surface area contributed by atoms with E-state index < -0.39 is 11.4 Å². The van der Waals surface area contributed by atoms with Gasteiger partial charge in [-0.1, -0.05) is 25.7 Å². The van der Waals surface area contributed by atoms with Crippen molar-refractivity contribution < 1.29 is 14.6 Å². The molecule has 0 spiro atoms. The van der Waals surface area contributed by atoms with Gasteiger partial charge in [-0.05, 0) is 39.2 Å². The summed E-state index contributed by atoms with van der Waals surface area (Å²) in [4.78, 5) is 14.0.